The molecule has 5 heteroatoms. The molecule has 3 heterocycles. The smallest absolute Gasteiger partial charge is 0.303 e. The minimum Gasteiger partial charge on any atom is -0.481 e. The molecule has 5 nitrogen and oxygen atoms in total. The van der Waals surface area contributed by atoms with E-state index in [1.165, 1.54) is 0 Å². The summed E-state index contributed by atoms with van der Waals surface area (Å²) in [5.41, 5.74) is 1.03. The highest BCUT2D eigenvalue weighted by Gasteiger charge is 2.68. The van der Waals surface area contributed by atoms with E-state index in [2.05, 4.69) is 12.2 Å². The predicted molar refractivity (Wildman–Crippen MR) is 109 cm³/mol. The fourth-order valence-electron chi connectivity index (χ4n) is 4.66. The van der Waals surface area contributed by atoms with E-state index < -0.39 is 5.97 Å². The van der Waals surface area contributed by atoms with E-state index in [4.69, 9.17) is 14.6 Å². The van der Waals surface area contributed by atoms with Crippen molar-refractivity contribution in [3.05, 3.63) is 60.2 Å². The number of hydrogen-bond donors (Lipinski definition) is 1. The Kier molecular flexibility index (Phi) is 5.97. The first-order valence-corrected chi connectivity index (χ1v) is 10.5. The number of ketones is 1. The first-order valence-electron chi connectivity index (χ1n) is 10.5. The number of benzene rings is 1. The number of carboxylic acids is 1. The molecule has 0 spiro atoms. The molecule has 1 unspecified atom stereocenters. The third kappa shape index (κ3) is 4.36. The van der Waals surface area contributed by atoms with Gasteiger partial charge in [0.05, 0.1) is 12.2 Å². The lowest BCUT2D eigenvalue weighted by Gasteiger charge is -2.22. The van der Waals surface area contributed by atoms with Crippen LogP contribution in [0.1, 0.15) is 44.1 Å². The van der Waals surface area contributed by atoms with Crippen LogP contribution in [0.2, 0.25) is 0 Å². The fraction of sp³-hybridized carbons (Fsp3) is 0.500. The van der Waals surface area contributed by atoms with Crippen LogP contribution in [0.3, 0.4) is 0 Å². The van der Waals surface area contributed by atoms with Crippen molar-refractivity contribution in [2.75, 3.05) is 0 Å². The Bertz CT molecular complexity index is 799. The van der Waals surface area contributed by atoms with Gasteiger partial charge in [-0.15, -0.1) is 0 Å². The molecule has 3 saturated heterocycles. The van der Waals surface area contributed by atoms with Crippen LogP contribution in [0, 0.1) is 11.8 Å². The Morgan fingerprint density at radius 2 is 1.79 bits per heavy atom. The summed E-state index contributed by atoms with van der Waals surface area (Å²) in [5.74, 6) is -0.328. The number of hydrogen-bond acceptors (Lipinski definition) is 4. The Balaban J connectivity index is 1.36. The summed E-state index contributed by atoms with van der Waals surface area (Å²) >= 11 is 0. The second-order valence-electron chi connectivity index (χ2n) is 8.26. The highest BCUT2D eigenvalue weighted by atomic mass is 16.7. The van der Waals surface area contributed by atoms with Crippen LogP contribution in [0.4, 0.5) is 0 Å². The highest BCUT2D eigenvalue weighted by Crippen LogP contribution is 2.55. The van der Waals surface area contributed by atoms with Gasteiger partial charge in [0.15, 0.2) is 5.78 Å². The van der Waals surface area contributed by atoms with Crippen LogP contribution in [0.15, 0.2) is 54.6 Å². The molecule has 3 aliphatic rings. The molecule has 0 aliphatic carbocycles. The van der Waals surface area contributed by atoms with Gasteiger partial charge in [-0.3, -0.25) is 9.59 Å². The Morgan fingerprint density at radius 1 is 1.07 bits per heavy atom. The van der Waals surface area contributed by atoms with Gasteiger partial charge in [0.25, 0.3) is 0 Å². The predicted octanol–water partition coefficient (Wildman–Crippen LogP) is 3.90. The van der Waals surface area contributed by atoms with Crippen LogP contribution in [-0.2, 0) is 19.1 Å². The summed E-state index contributed by atoms with van der Waals surface area (Å²) in [7, 11) is 0. The minimum atomic E-state index is -0.753. The summed E-state index contributed by atoms with van der Waals surface area (Å²) in [6.07, 6.45) is 11.0. The van der Waals surface area contributed by atoms with Crippen LogP contribution < -0.4 is 0 Å². The fourth-order valence-corrected chi connectivity index (χ4v) is 4.66. The largest absolute Gasteiger partial charge is 0.481 e. The monoisotopic (exact) mass is 396 g/mol. The zero-order valence-corrected chi connectivity index (χ0v) is 16.6. The standard InChI is InChI=1S/C24H28O5/c1-15(16-9-5-4-6-10-16)19(25)14-13-18-17(11-7-2-3-8-12-20(26)27)21-23-24(29-23)22(18)28-21/h2,4-7,9-10,13-15,17-18,21-24H,3,8,11-12H2,1H3,(H,26,27)/b7-2-,14-13+/t15?,17-,18+,21+,22-,23-,24+/m0/s1. The number of fused-ring (bicyclic) bond motifs is 5. The molecule has 1 aromatic rings. The molecule has 3 aliphatic heterocycles. The number of ether oxygens (including phenoxy) is 2. The second kappa shape index (κ2) is 8.64. The SMILES string of the molecule is CC(C(=O)/C=C/[C@@H]1[C@H](C/C=C\CCCC(=O)O)[C@H]2O[C@@H]1[C@H]1O[C@H]12)c1ccccc1. The first kappa shape index (κ1) is 20.0. The number of aliphatic carboxylic acids is 1. The number of unbranched alkanes of at least 4 members (excludes halogenated alkanes) is 1. The van der Waals surface area contributed by atoms with Gasteiger partial charge >= 0.3 is 5.97 Å². The normalized spacial score (nSPS) is 33.3. The Labute approximate surface area is 171 Å². The Morgan fingerprint density at radius 3 is 2.55 bits per heavy atom. The van der Waals surface area contributed by atoms with Gasteiger partial charge < -0.3 is 14.6 Å². The van der Waals surface area contributed by atoms with Crippen molar-refractivity contribution in [2.45, 2.75) is 62.9 Å². The summed E-state index contributed by atoms with van der Waals surface area (Å²) in [5, 5.41) is 8.71. The number of carbonyl (C=O) groups is 2. The molecular formula is C24H28O5. The van der Waals surface area contributed by atoms with Crippen molar-refractivity contribution in [3.8, 4) is 0 Å². The summed E-state index contributed by atoms with van der Waals surface area (Å²) in [6, 6.07) is 9.83. The summed E-state index contributed by atoms with van der Waals surface area (Å²) in [4.78, 5) is 23.3. The molecule has 2 bridgehead atoms. The van der Waals surface area contributed by atoms with Crippen LogP contribution in [-0.4, -0.2) is 41.3 Å². The van der Waals surface area contributed by atoms with E-state index in [0.29, 0.717) is 12.3 Å². The van der Waals surface area contributed by atoms with E-state index in [1.54, 1.807) is 6.08 Å². The van der Waals surface area contributed by atoms with Crippen LogP contribution in [0.5, 0.6) is 0 Å². The first-order chi connectivity index (χ1) is 14.1. The van der Waals surface area contributed by atoms with E-state index in [0.717, 1.165) is 18.4 Å². The molecule has 0 aromatic heterocycles. The maximum absolute atomic E-state index is 12.7. The van der Waals surface area contributed by atoms with E-state index in [1.807, 2.05) is 43.3 Å². The van der Waals surface area contributed by atoms with Gasteiger partial charge in [0.2, 0.25) is 0 Å². The molecule has 7 atom stereocenters. The van der Waals surface area contributed by atoms with Crippen molar-refractivity contribution < 1.29 is 24.2 Å². The molecule has 29 heavy (non-hydrogen) atoms. The van der Waals surface area contributed by atoms with Crippen molar-refractivity contribution in [2.24, 2.45) is 11.8 Å². The number of allylic oxidation sites excluding steroid dienone is 3. The zero-order chi connectivity index (χ0) is 20.4. The van der Waals surface area contributed by atoms with Crippen molar-refractivity contribution >= 4 is 11.8 Å². The highest BCUT2D eigenvalue weighted by molar-refractivity contribution is 5.95. The average molecular weight is 396 g/mol. The van der Waals surface area contributed by atoms with Gasteiger partial charge in [0.1, 0.15) is 12.2 Å². The molecule has 4 rings (SSSR count). The molecule has 1 aromatic carbocycles. The van der Waals surface area contributed by atoms with Crippen LogP contribution in [0.25, 0.3) is 0 Å². The molecule has 0 saturated carbocycles. The lowest BCUT2D eigenvalue weighted by Crippen LogP contribution is -2.31. The van der Waals surface area contributed by atoms with E-state index >= 15 is 0 Å². The molecule has 0 radical (unpaired) electrons. The zero-order valence-electron chi connectivity index (χ0n) is 16.6. The quantitative estimate of drug-likeness (QED) is 0.281. The molecule has 3 fully saturated rings. The van der Waals surface area contributed by atoms with Crippen molar-refractivity contribution in [1.82, 2.24) is 0 Å². The number of carbonyl (C=O) groups excluding carboxylic acids is 1. The van der Waals surface area contributed by atoms with Gasteiger partial charge in [-0.1, -0.05) is 55.5 Å². The number of epoxide rings is 1. The lowest BCUT2D eigenvalue weighted by atomic mass is 9.77. The lowest BCUT2D eigenvalue weighted by molar-refractivity contribution is -0.137. The van der Waals surface area contributed by atoms with E-state index in [9.17, 15) is 9.59 Å². The molecule has 1 N–H and O–H groups in total. The van der Waals surface area contributed by atoms with Gasteiger partial charge in [-0.05, 0) is 30.9 Å². The molecule has 154 valence electrons. The van der Waals surface area contributed by atoms with Crippen molar-refractivity contribution in [3.63, 3.8) is 0 Å². The average Bonchev–Trinajstić information content (AvgIpc) is 3.35. The van der Waals surface area contributed by atoms with Crippen LogP contribution >= 0.6 is 0 Å². The summed E-state index contributed by atoms with van der Waals surface area (Å²) in [6.45, 7) is 1.94. The summed E-state index contributed by atoms with van der Waals surface area (Å²) < 4.78 is 11.9. The van der Waals surface area contributed by atoms with E-state index in [-0.39, 0.29) is 48.5 Å². The Hall–Kier alpha value is -2.24. The topological polar surface area (TPSA) is 76.1 Å². The maximum Gasteiger partial charge on any atom is 0.303 e. The maximum atomic E-state index is 12.7. The van der Waals surface area contributed by atoms with Gasteiger partial charge in [-0.2, -0.15) is 0 Å². The number of carboxylic acid groups (broad SMARTS) is 1. The molecule has 0 amide bonds. The second-order valence-corrected chi connectivity index (χ2v) is 8.26. The number of rotatable bonds is 10. The van der Waals surface area contributed by atoms with Crippen molar-refractivity contribution in [1.29, 1.82) is 0 Å². The third-order valence-electron chi connectivity index (χ3n) is 6.36. The minimum absolute atomic E-state index is 0.0477. The van der Waals surface area contributed by atoms with Gasteiger partial charge in [-0.25, -0.2) is 0 Å². The molecular weight excluding hydrogens is 368 g/mol. The van der Waals surface area contributed by atoms with Gasteiger partial charge in [0, 0.05) is 24.2 Å². The third-order valence-corrected chi connectivity index (χ3v) is 6.36.